The first kappa shape index (κ1) is 22.3. The minimum atomic E-state index is -1.63. The van der Waals surface area contributed by atoms with Crippen molar-refractivity contribution in [1.82, 2.24) is 10.3 Å². The van der Waals surface area contributed by atoms with Gasteiger partial charge >= 0.3 is 0 Å². The summed E-state index contributed by atoms with van der Waals surface area (Å²) in [7, 11) is 0. The average Bonchev–Trinajstić information content (AvgIpc) is 2.77. The number of benzene rings is 2. The number of fused-ring (bicyclic) bond motifs is 1. The Bertz CT molecular complexity index is 1280. The Labute approximate surface area is 193 Å². The molecular formula is C23H23N5O4S. The van der Waals surface area contributed by atoms with Crippen LogP contribution in [0.4, 0.5) is 5.69 Å². The highest BCUT2D eigenvalue weighted by molar-refractivity contribution is 7.85. The number of nitrogens with two attached hydrogens (primary N) is 1. The molecule has 1 unspecified atom stereocenters. The van der Waals surface area contributed by atoms with Crippen LogP contribution in [0.1, 0.15) is 29.8 Å². The number of amidine groups is 1. The molecule has 1 aliphatic heterocycles. The van der Waals surface area contributed by atoms with Gasteiger partial charge in [0.15, 0.2) is 0 Å². The number of carbonyl (C=O) groups excluding carboxylic acids is 1. The third-order valence-corrected chi connectivity index (χ3v) is 5.66. The van der Waals surface area contributed by atoms with Crippen LogP contribution in [0.25, 0.3) is 11.3 Å². The number of nitrogens with zero attached hydrogens (tertiary/aromatic N) is 2. The second-order valence-electron chi connectivity index (χ2n) is 8.08. The lowest BCUT2D eigenvalue weighted by Gasteiger charge is -2.27. The second-order valence-corrected chi connectivity index (χ2v) is 8.97. The maximum absolute atomic E-state index is 12.9. The zero-order valence-corrected chi connectivity index (χ0v) is 18.8. The van der Waals surface area contributed by atoms with Crippen LogP contribution in [-0.2, 0) is 11.2 Å². The Hall–Kier alpha value is -3.92. The number of hydrogen-bond donors (Lipinski definition) is 4. The number of aromatic hydroxyl groups is 1. The average molecular weight is 466 g/mol. The van der Waals surface area contributed by atoms with E-state index in [4.69, 9.17) is 10.5 Å². The molecule has 0 saturated heterocycles. The topological polar surface area (TPSA) is 139 Å². The van der Waals surface area contributed by atoms with E-state index in [0.717, 1.165) is 0 Å². The Balaban J connectivity index is 1.47. The SMILES string of the molecule is CC(C)(COc1cccc2c1C(N)=NS(=O)N2)NC(=O)c1ccnc(-c2ccccc2O)c1. The van der Waals surface area contributed by atoms with E-state index in [-0.39, 0.29) is 24.1 Å². The van der Waals surface area contributed by atoms with E-state index < -0.39 is 16.7 Å². The number of pyridine rings is 1. The van der Waals surface area contributed by atoms with Crippen molar-refractivity contribution in [3.63, 3.8) is 0 Å². The van der Waals surface area contributed by atoms with Gasteiger partial charge in [-0.3, -0.25) is 14.5 Å². The maximum atomic E-state index is 12.9. The van der Waals surface area contributed by atoms with Crippen molar-refractivity contribution in [2.75, 3.05) is 11.3 Å². The molecule has 1 aromatic heterocycles. The highest BCUT2D eigenvalue weighted by atomic mass is 32.2. The van der Waals surface area contributed by atoms with Crippen molar-refractivity contribution in [3.8, 4) is 22.8 Å². The molecule has 2 heterocycles. The zero-order chi connectivity index (χ0) is 23.6. The highest BCUT2D eigenvalue weighted by Gasteiger charge is 2.25. The summed E-state index contributed by atoms with van der Waals surface area (Å²) in [5.41, 5.74) is 7.73. The van der Waals surface area contributed by atoms with Gasteiger partial charge in [0.05, 0.1) is 22.5 Å². The fraction of sp³-hybridized carbons (Fsp3) is 0.174. The number of rotatable bonds is 6. The van der Waals surface area contributed by atoms with E-state index >= 15 is 0 Å². The van der Waals surface area contributed by atoms with Gasteiger partial charge < -0.3 is 20.9 Å². The minimum Gasteiger partial charge on any atom is -0.507 e. The number of nitrogens with one attached hydrogen (secondary N) is 2. The number of hydrogen-bond acceptors (Lipinski definition) is 6. The fourth-order valence-electron chi connectivity index (χ4n) is 3.34. The highest BCUT2D eigenvalue weighted by Crippen LogP contribution is 2.30. The predicted octanol–water partition coefficient (Wildman–Crippen LogP) is 2.75. The number of para-hydroxylation sites is 1. The molecule has 0 spiro atoms. The van der Waals surface area contributed by atoms with Crippen molar-refractivity contribution in [2.24, 2.45) is 10.1 Å². The third kappa shape index (κ3) is 4.96. The fourth-order valence-corrected chi connectivity index (χ4v) is 4.01. The molecule has 0 aliphatic carbocycles. The monoisotopic (exact) mass is 465 g/mol. The summed E-state index contributed by atoms with van der Waals surface area (Å²) in [6.45, 7) is 3.80. The number of phenolic OH excluding ortho intramolecular Hbond substituents is 1. The van der Waals surface area contributed by atoms with Crippen LogP contribution in [0.15, 0.2) is 65.2 Å². The molecular weight excluding hydrogens is 442 g/mol. The van der Waals surface area contributed by atoms with Crippen molar-refractivity contribution in [2.45, 2.75) is 19.4 Å². The summed E-state index contributed by atoms with van der Waals surface area (Å²) in [6.07, 6.45) is 1.52. The van der Waals surface area contributed by atoms with Gasteiger partial charge in [0.1, 0.15) is 23.9 Å². The molecule has 0 radical (unpaired) electrons. The van der Waals surface area contributed by atoms with E-state index in [1.54, 1.807) is 54.6 Å². The Kier molecular flexibility index (Phi) is 6.01. The number of ether oxygens (including phenoxy) is 1. The molecule has 0 bridgehead atoms. The van der Waals surface area contributed by atoms with E-state index in [2.05, 4.69) is 19.4 Å². The van der Waals surface area contributed by atoms with Gasteiger partial charge in [0.2, 0.25) is 11.2 Å². The smallest absolute Gasteiger partial charge is 0.251 e. The first-order valence-corrected chi connectivity index (χ1v) is 11.2. The largest absolute Gasteiger partial charge is 0.507 e. The van der Waals surface area contributed by atoms with Crippen LogP contribution in [0.2, 0.25) is 0 Å². The molecule has 1 aliphatic rings. The molecule has 3 aromatic rings. The first-order valence-electron chi connectivity index (χ1n) is 10.1. The van der Waals surface area contributed by atoms with Gasteiger partial charge in [0.25, 0.3) is 5.91 Å². The van der Waals surface area contributed by atoms with Crippen LogP contribution < -0.4 is 20.5 Å². The predicted molar refractivity (Wildman–Crippen MR) is 127 cm³/mol. The van der Waals surface area contributed by atoms with Crippen LogP contribution in [0.3, 0.4) is 0 Å². The van der Waals surface area contributed by atoms with Crippen molar-refractivity contribution >= 4 is 28.6 Å². The second kappa shape index (κ2) is 8.91. The summed E-state index contributed by atoms with van der Waals surface area (Å²) in [6, 6.07) is 15.3. The molecule has 170 valence electrons. The van der Waals surface area contributed by atoms with Gasteiger partial charge in [-0.05, 0) is 50.2 Å². The van der Waals surface area contributed by atoms with Gasteiger partial charge in [-0.2, -0.15) is 4.40 Å². The van der Waals surface area contributed by atoms with Crippen molar-refractivity contribution in [3.05, 3.63) is 71.9 Å². The minimum absolute atomic E-state index is 0.0867. The lowest BCUT2D eigenvalue weighted by Crippen LogP contribution is -2.48. The Morgan fingerprint density at radius 3 is 2.79 bits per heavy atom. The van der Waals surface area contributed by atoms with E-state index in [9.17, 15) is 14.1 Å². The first-order chi connectivity index (χ1) is 15.7. The summed E-state index contributed by atoms with van der Waals surface area (Å²) < 4.78 is 24.2. The summed E-state index contributed by atoms with van der Waals surface area (Å²) >= 11 is -1.63. The number of phenols is 1. The van der Waals surface area contributed by atoms with Crippen LogP contribution in [0.5, 0.6) is 11.5 Å². The molecule has 5 N–H and O–H groups in total. The molecule has 1 atom stereocenters. The lowest BCUT2D eigenvalue weighted by molar-refractivity contribution is 0.0880. The van der Waals surface area contributed by atoms with Gasteiger partial charge in [0, 0.05) is 17.3 Å². The van der Waals surface area contributed by atoms with Gasteiger partial charge in [-0.25, -0.2) is 4.21 Å². The van der Waals surface area contributed by atoms with Crippen LogP contribution in [0, 0.1) is 0 Å². The van der Waals surface area contributed by atoms with Gasteiger partial charge in [-0.15, -0.1) is 0 Å². The maximum Gasteiger partial charge on any atom is 0.251 e. The number of aromatic nitrogens is 1. The summed E-state index contributed by atoms with van der Waals surface area (Å²) in [4.78, 5) is 17.2. The summed E-state index contributed by atoms with van der Waals surface area (Å²) in [5.74, 6) is 0.360. The van der Waals surface area contributed by atoms with Crippen molar-refractivity contribution < 1.29 is 18.8 Å². The molecule has 10 heteroatoms. The molecule has 9 nitrogen and oxygen atoms in total. The Morgan fingerprint density at radius 1 is 1.21 bits per heavy atom. The molecule has 0 fully saturated rings. The Morgan fingerprint density at radius 2 is 2.00 bits per heavy atom. The number of anilines is 1. The van der Waals surface area contributed by atoms with Crippen LogP contribution in [-0.4, -0.2) is 38.2 Å². The molecule has 2 aromatic carbocycles. The molecule has 4 rings (SSSR count). The normalized spacial score (nSPS) is 15.1. The lowest BCUT2D eigenvalue weighted by atomic mass is 10.0. The number of carbonyl (C=O) groups is 1. The van der Waals surface area contributed by atoms with E-state index in [1.165, 1.54) is 6.20 Å². The third-order valence-electron chi connectivity index (χ3n) is 4.90. The van der Waals surface area contributed by atoms with Crippen molar-refractivity contribution in [1.29, 1.82) is 0 Å². The van der Waals surface area contributed by atoms with E-state index in [1.807, 2.05) is 13.8 Å². The molecule has 1 amide bonds. The summed E-state index contributed by atoms with van der Waals surface area (Å²) in [5, 5.41) is 13.0. The van der Waals surface area contributed by atoms with E-state index in [0.29, 0.717) is 33.8 Å². The number of amides is 1. The molecule has 33 heavy (non-hydrogen) atoms. The molecule has 0 saturated carbocycles. The quantitative estimate of drug-likeness (QED) is 0.441. The van der Waals surface area contributed by atoms with Gasteiger partial charge in [-0.1, -0.05) is 18.2 Å². The van der Waals surface area contributed by atoms with Crippen LogP contribution >= 0.6 is 0 Å². The zero-order valence-electron chi connectivity index (χ0n) is 18.0. The standard InChI is InChI=1S/C23H23N5O4S/c1-23(2,13-32-19-9-5-7-16-20(19)21(24)28-33(31)27-16)26-22(30)14-10-11-25-17(12-14)15-6-3-4-8-18(15)29/h3-12,27,29H,13H2,1-2H3,(H2,24,28)(H,26,30).